The van der Waals surface area contributed by atoms with Gasteiger partial charge >= 0.3 is 0 Å². The van der Waals surface area contributed by atoms with E-state index in [0.29, 0.717) is 38.8 Å². The molecule has 0 unspecified atom stereocenters. The first-order valence-electron chi connectivity index (χ1n) is 10.1. The third-order valence-electron chi connectivity index (χ3n) is 5.34. The van der Waals surface area contributed by atoms with Gasteiger partial charge in [0.1, 0.15) is 5.75 Å². The Labute approximate surface area is 210 Å². The fourth-order valence-corrected chi connectivity index (χ4v) is 4.29. The van der Waals surface area contributed by atoms with Gasteiger partial charge in [0, 0.05) is 25.3 Å². The van der Waals surface area contributed by atoms with Crippen LogP contribution in [0.2, 0.25) is 0 Å². The van der Waals surface area contributed by atoms with Crippen LogP contribution in [0.1, 0.15) is 10.4 Å². The number of methoxy groups -OCH3 is 1. The Hall–Kier alpha value is -3.56. The van der Waals surface area contributed by atoms with Crippen molar-refractivity contribution in [2.75, 3.05) is 7.11 Å². The zero-order chi connectivity index (χ0) is 23.8. The Bertz CT molecular complexity index is 1590. The number of nitrogens with one attached hydrogen (secondary N) is 1. The Kier molecular flexibility index (Phi) is 5.89. The molecule has 0 aliphatic carbocycles. The number of pyridine rings is 1. The minimum absolute atomic E-state index is 0.165. The van der Waals surface area contributed by atoms with Gasteiger partial charge in [0.25, 0.3) is 5.91 Å². The summed E-state index contributed by atoms with van der Waals surface area (Å²) in [7, 11) is 1.56. The van der Waals surface area contributed by atoms with Crippen molar-refractivity contribution < 1.29 is 14.6 Å². The van der Waals surface area contributed by atoms with Crippen molar-refractivity contribution >= 4 is 65.3 Å². The van der Waals surface area contributed by atoms with Gasteiger partial charge in [-0.15, -0.1) is 10.2 Å². The lowest BCUT2D eigenvalue weighted by atomic mass is 10.0. The number of hydrogen-bond acceptors (Lipinski definition) is 5. The fourth-order valence-electron chi connectivity index (χ4n) is 3.66. The number of fused-ring (bicyclic) bond motifs is 2. The molecule has 34 heavy (non-hydrogen) atoms. The van der Waals surface area contributed by atoms with Gasteiger partial charge in [-0.2, -0.15) is 0 Å². The van der Waals surface area contributed by atoms with E-state index in [-0.39, 0.29) is 11.6 Å². The smallest absolute Gasteiger partial charge is 0.296 e. The van der Waals surface area contributed by atoms with Crippen molar-refractivity contribution in [2.45, 2.75) is 0 Å². The highest BCUT2D eigenvalue weighted by Gasteiger charge is 2.16. The molecule has 2 aromatic heterocycles. The average molecular weight is 580 g/mol. The number of H-pyrrole nitrogens is 1. The molecule has 0 fully saturated rings. The van der Waals surface area contributed by atoms with E-state index in [1.807, 2.05) is 30.3 Å². The molecule has 1 amide bonds. The molecule has 0 aliphatic rings. The third-order valence-corrected chi connectivity index (χ3v) is 6.36. The first-order chi connectivity index (χ1) is 16.4. The van der Waals surface area contributed by atoms with Crippen LogP contribution in [0.3, 0.4) is 0 Å². The monoisotopic (exact) mass is 578 g/mol. The number of aromatic amines is 1. The highest BCUT2D eigenvalue weighted by molar-refractivity contribution is 9.10. The minimum atomic E-state index is -0.567. The largest absolute Gasteiger partial charge is 0.497 e. The maximum Gasteiger partial charge on any atom is 0.296 e. The second kappa shape index (κ2) is 9.00. The van der Waals surface area contributed by atoms with Crippen LogP contribution in [0.5, 0.6) is 11.6 Å². The molecule has 0 saturated heterocycles. The number of benzene rings is 3. The van der Waals surface area contributed by atoms with Crippen molar-refractivity contribution in [3.8, 4) is 22.9 Å². The quantitative estimate of drug-likeness (QED) is 0.215. The predicted octanol–water partition coefficient (Wildman–Crippen LogP) is 7.55. The summed E-state index contributed by atoms with van der Waals surface area (Å²) < 4.78 is 7.09. The number of azo groups is 1. The first kappa shape index (κ1) is 22.2. The fraction of sp³-hybridized carbons (Fsp3) is 0.0400. The number of nitrogens with zero attached hydrogens (tertiary/aromatic N) is 3. The molecule has 9 heteroatoms. The number of carbonyl (C=O) groups excluding carboxylic acids is 1. The summed E-state index contributed by atoms with van der Waals surface area (Å²) in [5, 5.41) is 19.6. The number of hydrogen-bond donors (Lipinski definition) is 2. The second-order valence-electron chi connectivity index (χ2n) is 7.46. The number of aromatic nitrogens is 2. The summed E-state index contributed by atoms with van der Waals surface area (Å²) in [5.41, 5.74) is 3.30. The molecule has 5 aromatic rings. The van der Waals surface area contributed by atoms with Gasteiger partial charge in [-0.1, -0.05) is 44.0 Å². The number of carbonyl (C=O) groups is 1. The van der Waals surface area contributed by atoms with Gasteiger partial charge in [-0.25, -0.2) is 4.98 Å². The van der Waals surface area contributed by atoms with Gasteiger partial charge < -0.3 is 14.8 Å². The summed E-state index contributed by atoms with van der Waals surface area (Å²) in [4.78, 5) is 20.8. The molecule has 3 aromatic carbocycles. The summed E-state index contributed by atoms with van der Waals surface area (Å²) in [6.07, 6.45) is 0. The highest BCUT2D eigenvalue weighted by atomic mass is 79.9. The minimum Gasteiger partial charge on any atom is -0.497 e. The van der Waals surface area contributed by atoms with E-state index in [2.05, 4.69) is 47.1 Å². The van der Waals surface area contributed by atoms with Crippen molar-refractivity contribution in [1.82, 2.24) is 9.97 Å². The number of aromatic hydroxyl groups is 1. The zero-order valence-electron chi connectivity index (χ0n) is 17.7. The van der Waals surface area contributed by atoms with Gasteiger partial charge in [0.05, 0.1) is 29.4 Å². The second-order valence-corrected chi connectivity index (χ2v) is 9.29. The van der Waals surface area contributed by atoms with Crippen molar-refractivity contribution in [2.24, 2.45) is 10.2 Å². The molecule has 0 radical (unpaired) electrons. The van der Waals surface area contributed by atoms with Crippen molar-refractivity contribution in [3.05, 3.63) is 81.2 Å². The van der Waals surface area contributed by atoms with Crippen LogP contribution in [0.4, 0.5) is 5.69 Å². The lowest BCUT2D eigenvalue weighted by Crippen LogP contribution is -1.99. The maximum absolute atomic E-state index is 13.3. The van der Waals surface area contributed by atoms with E-state index in [0.717, 1.165) is 14.5 Å². The molecule has 5 rings (SSSR count). The molecule has 0 bridgehead atoms. The summed E-state index contributed by atoms with van der Waals surface area (Å²) in [6, 6.07) is 20.1. The Morgan fingerprint density at radius 2 is 1.74 bits per heavy atom. The van der Waals surface area contributed by atoms with E-state index in [1.165, 1.54) is 0 Å². The van der Waals surface area contributed by atoms with Crippen LogP contribution >= 0.6 is 31.9 Å². The normalized spacial score (nSPS) is 11.5. The highest BCUT2D eigenvalue weighted by Crippen LogP contribution is 2.37. The molecule has 7 nitrogen and oxygen atoms in total. The molecule has 0 spiro atoms. The van der Waals surface area contributed by atoms with Crippen LogP contribution in [-0.2, 0) is 0 Å². The van der Waals surface area contributed by atoms with Crippen LogP contribution in [0, 0.1) is 0 Å². The molecule has 2 heterocycles. The molecule has 0 atom stereocenters. The van der Waals surface area contributed by atoms with Crippen LogP contribution in [0.15, 0.2) is 85.9 Å². The molecular weight excluding hydrogens is 564 g/mol. The first-order valence-corrected chi connectivity index (χ1v) is 11.7. The lowest BCUT2D eigenvalue weighted by Gasteiger charge is -2.09. The van der Waals surface area contributed by atoms with E-state index in [1.54, 1.807) is 43.5 Å². The average Bonchev–Trinajstić information content (AvgIpc) is 3.15. The zero-order valence-corrected chi connectivity index (χ0v) is 20.9. The molecule has 2 N–H and O–H groups in total. The number of halogens is 2. The van der Waals surface area contributed by atoms with E-state index in [4.69, 9.17) is 9.72 Å². The molecule has 0 aliphatic heterocycles. The third kappa shape index (κ3) is 4.20. The van der Waals surface area contributed by atoms with Crippen LogP contribution in [0.25, 0.3) is 33.1 Å². The van der Waals surface area contributed by atoms with E-state index < -0.39 is 5.91 Å². The van der Waals surface area contributed by atoms with Gasteiger partial charge in [0.15, 0.2) is 5.69 Å². The number of rotatable bonds is 4. The lowest BCUT2D eigenvalue weighted by molar-refractivity contribution is 0.0996. The molecular formula is C25H16Br2N4O3. The molecule has 0 saturated carbocycles. The standard InChI is InChI=1S/C25H16Br2N4O3/c1-34-16-7-9-20-17(11-16)18(12-22(28-20)13-2-4-14(26)5-3-13)24(32)31-30-23-19-10-15(27)6-8-21(19)29-25(23)33/h2-12,29,33H,1H3. The SMILES string of the molecule is COc1ccc2nc(-c3ccc(Br)cc3)cc(C(=O)N=Nc3c(O)[nH]c4ccc(Br)cc34)c2c1. The Balaban J connectivity index is 1.63. The van der Waals surface area contributed by atoms with Crippen LogP contribution in [-0.4, -0.2) is 28.1 Å². The predicted molar refractivity (Wildman–Crippen MR) is 138 cm³/mol. The topological polar surface area (TPSA) is 99.9 Å². The van der Waals surface area contributed by atoms with Gasteiger partial charge in [0.2, 0.25) is 5.88 Å². The molecule has 168 valence electrons. The summed E-state index contributed by atoms with van der Waals surface area (Å²) in [5.74, 6) is -0.139. The van der Waals surface area contributed by atoms with Crippen molar-refractivity contribution in [1.29, 1.82) is 0 Å². The Morgan fingerprint density at radius 1 is 0.971 bits per heavy atom. The van der Waals surface area contributed by atoms with Crippen LogP contribution < -0.4 is 4.74 Å². The summed E-state index contributed by atoms with van der Waals surface area (Å²) in [6.45, 7) is 0. The number of ether oxygens (including phenoxy) is 1. The van der Waals surface area contributed by atoms with Crippen molar-refractivity contribution in [3.63, 3.8) is 0 Å². The van der Waals surface area contributed by atoms with Gasteiger partial charge in [-0.3, -0.25) is 4.79 Å². The van der Waals surface area contributed by atoms with Gasteiger partial charge in [-0.05, 0) is 54.6 Å². The van der Waals surface area contributed by atoms with E-state index in [9.17, 15) is 9.90 Å². The Morgan fingerprint density at radius 3 is 2.50 bits per heavy atom. The number of amides is 1. The van der Waals surface area contributed by atoms with E-state index >= 15 is 0 Å². The summed E-state index contributed by atoms with van der Waals surface area (Å²) >= 11 is 6.85. The maximum atomic E-state index is 13.3.